The van der Waals surface area contributed by atoms with Crippen molar-refractivity contribution in [1.29, 1.82) is 0 Å². The van der Waals surface area contributed by atoms with E-state index in [1.54, 1.807) is 0 Å². The average Bonchev–Trinajstić information content (AvgIpc) is 3.08. The van der Waals surface area contributed by atoms with Gasteiger partial charge in [0.05, 0.1) is 24.0 Å². The third-order valence-electron chi connectivity index (χ3n) is 3.77. The molecule has 122 valence electrons. The summed E-state index contributed by atoms with van der Waals surface area (Å²) in [4.78, 5) is 22.5. The number of carbonyl (C=O) groups is 2. The Bertz CT molecular complexity index is 702. The number of carboxylic acid groups (broad SMARTS) is 1. The van der Waals surface area contributed by atoms with E-state index in [-0.39, 0.29) is 17.9 Å². The molecule has 8 heteroatoms. The summed E-state index contributed by atoms with van der Waals surface area (Å²) in [6.45, 7) is 1.51. The van der Waals surface area contributed by atoms with E-state index in [4.69, 9.17) is 5.11 Å². The zero-order valence-electron chi connectivity index (χ0n) is 12.7. The van der Waals surface area contributed by atoms with Crippen LogP contribution in [0.1, 0.15) is 41.2 Å². The maximum atomic E-state index is 11.8. The highest BCUT2D eigenvalue weighted by Gasteiger charge is 2.25. The lowest BCUT2D eigenvalue weighted by Crippen LogP contribution is -2.28. The highest BCUT2D eigenvalue weighted by molar-refractivity contribution is 5.86. The average molecular weight is 317 g/mol. The van der Waals surface area contributed by atoms with Crippen LogP contribution in [0.2, 0.25) is 0 Å². The van der Waals surface area contributed by atoms with Crippen LogP contribution in [0.5, 0.6) is 0 Å². The summed E-state index contributed by atoms with van der Waals surface area (Å²) in [6.07, 6.45) is 7.34. The molecule has 1 aliphatic carbocycles. The molecule has 2 aromatic heterocycles. The van der Waals surface area contributed by atoms with Gasteiger partial charge in [-0.3, -0.25) is 14.2 Å². The van der Waals surface area contributed by atoms with Gasteiger partial charge in [-0.2, -0.15) is 10.2 Å². The Hall–Kier alpha value is -2.64. The lowest BCUT2D eigenvalue weighted by molar-refractivity contribution is -0.121. The molecule has 1 aliphatic rings. The zero-order valence-corrected chi connectivity index (χ0v) is 12.7. The minimum Gasteiger partial charge on any atom is -0.478 e. The van der Waals surface area contributed by atoms with E-state index < -0.39 is 5.97 Å². The summed E-state index contributed by atoms with van der Waals surface area (Å²) in [5.74, 6) is -0.479. The molecule has 0 aliphatic heterocycles. The number of nitrogens with one attached hydrogen (secondary N) is 1. The molecule has 2 heterocycles. The van der Waals surface area contributed by atoms with Crippen LogP contribution in [0.3, 0.4) is 0 Å². The molecule has 23 heavy (non-hydrogen) atoms. The second kappa shape index (κ2) is 6.64. The van der Waals surface area contributed by atoms with Crippen LogP contribution in [0.15, 0.2) is 24.7 Å². The van der Waals surface area contributed by atoms with Crippen molar-refractivity contribution in [3.8, 4) is 0 Å². The van der Waals surface area contributed by atoms with Crippen molar-refractivity contribution < 1.29 is 14.7 Å². The van der Waals surface area contributed by atoms with Gasteiger partial charge in [0, 0.05) is 37.8 Å². The quantitative estimate of drug-likeness (QED) is 0.752. The van der Waals surface area contributed by atoms with Gasteiger partial charge in [0.25, 0.3) is 0 Å². The van der Waals surface area contributed by atoms with Gasteiger partial charge in [-0.25, -0.2) is 4.79 Å². The van der Waals surface area contributed by atoms with Crippen molar-refractivity contribution in [1.82, 2.24) is 24.9 Å². The number of aromatic carboxylic acids is 1. The molecule has 3 rings (SSSR count). The number of amides is 1. The lowest BCUT2D eigenvalue weighted by Gasteiger charge is -2.05. The third-order valence-corrected chi connectivity index (χ3v) is 3.77. The van der Waals surface area contributed by atoms with E-state index in [1.165, 1.54) is 29.9 Å². The number of aromatic nitrogens is 4. The zero-order chi connectivity index (χ0) is 16.2. The molecule has 0 unspecified atom stereocenters. The van der Waals surface area contributed by atoms with Crippen molar-refractivity contribution >= 4 is 11.9 Å². The molecule has 0 radical (unpaired) electrons. The molecule has 0 aromatic carbocycles. The molecule has 1 fully saturated rings. The van der Waals surface area contributed by atoms with Gasteiger partial charge in [-0.05, 0) is 18.9 Å². The largest absolute Gasteiger partial charge is 0.478 e. The van der Waals surface area contributed by atoms with Gasteiger partial charge >= 0.3 is 5.97 Å². The van der Waals surface area contributed by atoms with Crippen LogP contribution in [0.4, 0.5) is 0 Å². The second-order valence-electron chi connectivity index (χ2n) is 5.68. The molecule has 1 amide bonds. The van der Waals surface area contributed by atoms with Gasteiger partial charge < -0.3 is 10.4 Å². The van der Waals surface area contributed by atoms with Gasteiger partial charge in [0.2, 0.25) is 5.91 Å². The Labute approximate surface area is 133 Å². The molecule has 0 spiro atoms. The van der Waals surface area contributed by atoms with Crippen LogP contribution >= 0.6 is 0 Å². The Balaban J connectivity index is 1.36. The van der Waals surface area contributed by atoms with Crippen molar-refractivity contribution in [3.63, 3.8) is 0 Å². The first-order chi connectivity index (χ1) is 11.1. The van der Waals surface area contributed by atoms with Crippen LogP contribution in [-0.4, -0.2) is 43.1 Å². The smallest absolute Gasteiger partial charge is 0.338 e. The number of rotatable bonds is 8. The lowest BCUT2D eigenvalue weighted by atomic mass is 10.3. The highest BCUT2D eigenvalue weighted by Crippen LogP contribution is 2.38. The van der Waals surface area contributed by atoms with E-state index in [1.807, 2.05) is 16.9 Å². The number of nitrogens with zero attached hydrogens (tertiary/aromatic N) is 4. The Kier molecular flexibility index (Phi) is 4.40. The fourth-order valence-corrected chi connectivity index (χ4v) is 2.31. The van der Waals surface area contributed by atoms with Gasteiger partial charge in [0.15, 0.2) is 0 Å². The first-order valence-electron chi connectivity index (χ1n) is 7.67. The van der Waals surface area contributed by atoms with Crippen LogP contribution in [0, 0.1) is 0 Å². The Morgan fingerprint density at radius 3 is 2.83 bits per heavy atom. The van der Waals surface area contributed by atoms with Crippen LogP contribution < -0.4 is 5.32 Å². The molecule has 0 saturated heterocycles. The summed E-state index contributed by atoms with van der Waals surface area (Å²) in [7, 11) is 0. The number of carbonyl (C=O) groups excluding carboxylic acids is 1. The molecule has 2 aromatic rings. The first-order valence-corrected chi connectivity index (χ1v) is 7.67. The van der Waals surface area contributed by atoms with E-state index in [2.05, 4.69) is 15.5 Å². The van der Waals surface area contributed by atoms with Gasteiger partial charge in [0.1, 0.15) is 0 Å². The summed E-state index contributed by atoms with van der Waals surface area (Å²) in [5, 5.41) is 20.0. The van der Waals surface area contributed by atoms with Crippen LogP contribution in [0.25, 0.3) is 0 Å². The molecular formula is C15H19N5O3. The summed E-state index contributed by atoms with van der Waals surface area (Å²) < 4.78 is 3.30. The molecule has 8 nitrogen and oxygen atoms in total. The molecular weight excluding hydrogens is 298 g/mol. The number of hydrogen-bond acceptors (Lipinski definition) is 4. The van der Waals surface area contributed by atoms with E-state index in [9.17, 15) is 9.59 Å². The first kappa shape index (κ1) is 15.3. The molecule has 2 N–H and O–H groups in total. The fraction of sp³-hybridized carbons (Fsp3) is 0.467. The van der Waals surface area contributed by atoms with E-state index in [0.29, 0.717) is 25.6 Å². The predicted octanol–water partition coefficient (Wildman–Crippen LogP) is 0.862. The third kappa shape index (κ3) is 4.18. The molecule has 1 saturated carbocycles. The Morgan fingerprint density at radius 1 is 1.30 bits per heavy atom. The predicted molar refractivity (Wildman–Crippen MR) is 81.0 cm³/mol. The van der Waals surface area contributed by atoms with E-state index in [0.717, 1.165) is 5.69 Å². The SMILES string of the molecule is O=C(CCn1cc(C(=O)O)cn1)NCCn1ccc(C2CC2)n1. The second-order valence-corrected chi connectivity index (χ2v) is 5.68. The maximum Gasteiger partial charge on any atom is 0.338 e. The minimum atomic E-state index is -1.02. The monoisotopic (exact) mass is 317 g/mol. The fourth-order valence-electron chi connectivity index (χ4n) is 2.31. The number of carboxylic acids is 1. The summed E-state index contributed by atoms with van der Waals surface area (Å²) >= 11 is 0. The molecule has 0 atom stereocenters. The van der Waals surface area contributed by atoms with E-state index >= 15 is 0 Å². The highest BCUT2D eigenvalue weighted by atomic mass is 16.4. The maximum absolute atomic E-state index is 11.8. The minimum absolute atomic E-state index is 0.0908. The summed E-state index contributed by atoms with van der Waals surface area (Å²) in [6, 6.07) is 2.04. The Morgan fingerprint density at radius 2 is 2.13 bits per heavy atom. The van der Waals surface area contributed by atoms with Crippen molar-refractivity contribution in [3.05, 3.63) is 35.9 Å². The normalized spacial score (nSPS) is 13.9. The summed E-state index contributed by atoms with van der Waals surface area (Å²) in [5.41, 5.74) is 1.26. The number of aryl methyl sites for hydroxylation is 1. The standard InChI is InChI=1S/C15H19N5O3/c21-14(4-7-20-10-12(9-17-20)15(22)23)16-5-8-19-6-3-13(18-19)11-1-2-11/h3,6,9-11H,1-2,4-5,7-8H2,(H,16,21)(H,22,23). The molecule has 0 bridgehead atoms. The van der Waals surface area contributed by atoms with Crippen molar-refractivity contribution in [2.24, 2.45) is 0 Å². The van der Waals surface area contributed by atoms with Crippen LogP contribution in [-0.2, 0) is 17.9 Å². The van der Waals surface area contributed by atoms with Gasteiger partial charge in [-0.1, -0.05) is 0 Å². The van der Waals surface area contributed by atoms with Gasteiger partial charge in [-0.15, -0.1) is 0 Å². The van der Waals surface area contributed by atoms with Crippen molar-refractivity contribution in [2.75, 3.05) is 6.54 Å². The topological polar surface area (TPSA) is 102 Å². The van der Waals surface area contributed by atoms with Crippen molar-refractivity contribution in [2.45, 2.75) is 38.3 Å². The number of hydrogen-bond donors (Lipinski definition) is 2.